The van der Waals surface area contributed by atoms with Crippen LogP contribution in [0.1, 0.15) is 120 Å². The molecule has 2 aliphatic rings. The van der Waals surface area contributed by atoms with Gasteiger partial charge < -0.3 is 29.4 Å². The molecule has 6 rings (SSSR count). The fraction of sp³-hybridized carbons (Fsp3) is 0.429. The number of carbonyl (C=O) groups is 2. The average Bonchev–Trinajstić information content (AvgIpc) is 3.71. The average molecular weight is 583 g/mol. The molecule has 0 atom stereocenters. The number of nitrogens with one attached hydrogen (secondary N) is 4. The molecule has 0 aromatic carbocycles. The molecule has 0 aliphatic carbocycles. The third-order valence-corrected chi connectivity index (χ3v) is 9.70. The maximum absolute atomic E-state index is 13.0. The lowest BCUT2D eigenvalue weighted by Gasteiger charge is -2.30. The molecule has 4 aromatic rings. The fourth-order valence-corrected chi connectivity index (χ4v) is 6.31. The Balaban J connectivity index is 1.59. The van der Waals surface area contributed by atoms with Crippen LogP contribution in [0.5, 0.6) is 0 Å². The number of rotatable bonds is 1. The van der Waals surface area contributed by atoms with Gasteiger partial charge in [-0.3, -0.25) is 0 Å². The number of carbonyl (C=O) groups excluding carboxylic acids is 2. The molecule has 2 aliphatic heterocycles. The maximum atomic E-state index is 13.0. The lowest BCUT2D eigenvalue weighted by atomic mass is 9.79. The van der Waals surface area contributed by atoms with Crippen molar-refractivity contribution in [3.63, 3.8) is 0 Å². The molecule has 8 bridgehead atoms. The summed E-state index contributed by atoms with van der Waals surface area (Å²) in [6.45, 7) is 20.6. The van der Waals surface area contributed by atoms with Gasteiger partial charge in [-0.25, -0.2) is 9.59 Å². The first-order chi connectivity index (χ1) is 19.8. The van der Waals surface area contributed by atoms with E-state index in [0.29, 0.717) is 5.69 Å². The highest BCUT2D eigenvalue weighted by Crippen LogP contribution is 2.43. The van der Waals surface area contributed by atoms with E-state index in [1.807, 2.05) is 0 Å². The van der Waals surface area contributed by atoms with Crippen molar-refractivity contribution in [2.24, 2.45) is 0 Å². The second-order valence-corrected chi connectivity index (χ2v) is 14.6. The van der Waals surface area contributed by atoms with E-state index in [4.69, 9.17) is 9.47 Å². The minimum absolute atomic E-state index is 0.145. The van der Waals surface area contributed by atoms with Gasteiger partial charge in [0.15, 0.2) is 0 Å². The molecular formula is C35H42N4O4. The fourth-order valence-electron chi connectivity index (χ4n) is 6.31. The first kappa shape index (κ1) is 28.9. The van der Waals surface area contributed by atoms with Gasteiger partial charge in [-0.2, -0.15) is 0 Å². The van der Waals surface area contributed by atoms with Crippen LogP contribution in [0.25, 0.3) is 6.08 Å². The topological polar surface area (TPSA) is 116 Å². The summed E-state index contributed by atoms with van der Waals surface area (Å²) >= 11 is 0. The van der Waals surface area contributed by atoms with E-state index in [0.717, 1.165) is 45.4 Å². The van der Waals surface area contributed by atoms with Crippen molar-refractivity contribution in [1.29, 1.82) is 0 Å². The minimum atomic E-state index is -1.31. The van der Waals surface area contributed by atoms with Crippen LogP contribution in [-0.2, 0) is 40.7 Å². The number of aromatic amines is 4. The van der Waals surface area contributed by atoms with Crippen molar-refractivity contribution in [3.05, 3.63) is 99.2 Å². The molecule has 6 heterocycles. The van der Waals surface area contributed by atoms with Gasteiger partial charge >= 0.3 is 11.9 Å². The Morgan fingerprint density at radius 1 is 0.512 bits per heavy atom. The molecule has 4 aromatic heterocycles. The Kier molecular flexibility index (Phi) is 5.99. The first-order valence-corrected chi connectivity index (χ1v) is 14.9. The summed E-state index contributed by atoms with van der Waals surface area (Å²) in [6, 6.07) is 15.1. The molecule has 43 heavy (non-hydrogen) atoms. The quantitative estimate of drug-likeness (QED) is 0.112. The van der Waals surface area contributed by atoms with Crippen molar-refractivity contribution in [2.75, 3.05) is 0 Å². The summed E-state index contributed by atoms with van der Waals surface area (Å²) in [5.74, 6) is -2.72. The SMILES string of the molecule is CC1(C)OC(=O)C(=Cc2[nH]c3cc2C(C)(C)c2ccc([nH]2)C(C)(C)c2ccc([nH]2)C(C)(C)c2ccc([nH]2)C3(C)C)C(=O)O1. The molecular weight excluding hydrogens is 540 g/mol. The smallest absolute Gasteiger partial charge is 0.348 e. The molecule has 8 nitrogen and oxygen atoms in total. The van der Waals surface area contributed by atoms with Gasteiger partial charge in [0.2, 0.25) is 0 Å². The number of aromatic nitrogens is 4. The van der Waals surface area contributed by atoms with Gasteiger partial charge in [0.05, 0.1) is 0 Å². The Hall–Kier alpha value is -4.20. The second-order valence-electron chi connectivity index (χ2n) is 14.6. The first-order valence-electron chi connectivity index (χ1n) is 14.9. The van der Waals surface area contributed by atoms with Crippen LogP contribution in [0.4, 0.5) is 0 Å². The highest BCUT2D eigenvalue weighted by Gasteiger charge is 2.41. The highest BCUT2D eigenvalue weighted by molar-refractivity contribution is 6.18. The zero-order valence-corrected chi connectivity index (χ0v) is 26.8. The third kappa shape index (κ3) is 4.41. The van der Waals surface area contributed by atoms with Crippen molar-refractivity contribution in [1.82, 2.24) is 19.9 Å². The monoisotopic (exact) mass is 582 g/mol. The normalized spacial score (nSPS) is 21.2. The predicted molar refractivity (Wildman–Crippen MR) is 166 cm³/mol. The zero-order chi connectivity index (χ0) is 31.3. The Morgan fingerprint density at radius 3 is 1.26 bits per heavy atom. The van der Waals surface area contributed by atoms with Crippen molar-refractivity contribution < 1.29 is 19.1 Å². The van der Waals surface area contributed by atoms with E-state index in [-0.39, 0.29) is 16.4 Å². The van der Waals surface area contributed by atoms with Gasteiger partial charge in [0.1, 0.15) is 5.57 Å². The van der Waals surface area contributed by atoms with Crippen LogP contribution in [0, 0.1) is 0 Å². The van der Waals surface area contributed by atoms with Crippen molar-refractivity contribution >= 4 is 18.0 Å². The van der Waals surface area contributed by atoms with E-state index < -0.39 is 28.6 Å². The third-order valence-electron chi connectivity index (χ3n) is 9.70. The summed E-state index contributed by atoms with van der Waals surface area (Å²) in [7, 11) is 0. The molecule has 1 fully saturated rings. The summed E-state index contributed by atoms with van der Waals surface area (Å²) in [5.41, 5.74) is 7.23. The molecule has 1 saturated heterocycles. The maximum Gasteiger partial charge on any atom is 0.348 e. The second kappa shape index (κ2) is 8.91. The molecule has 0 unspecified atom stereocenters. The van der Waals surface area contributed by atoms with Crippen molar-refractivity contribution in [2.45, 2.75) is 96.7 Å². The van der Waals surface area contributed by atoms with Crippen molar-refractivity contribution in [3.8, 4) is 0 Å². The van der Waals surface area contributed by atoms with Gasteiger partial charge in [0, 0.05) is 81.1 Å². The lowest BCUT2D eigenvalue weighted by Crippen LogP contribution is -2.41. The predicted octanol–water partition coefficient (Wildman–Crippen LogP) is 6.84. The van der Waals surface area contributed by atoms with E-state index >= 15 is 0 Å². The highest BCUT2D eigenvalue weighted by atomic mass is 16.7. The molecule has 0 radical (unpaired) electrons. The van der Waals surface area contributed by atoms with Gasteiger partial charge in [0.25, 0.3) is 5.79 Å². The summed E-state index contributed by atoms with van der Waals surface area (Å²) in [6.07, 6.45) is 1.57. The summed E-state index contributed by atoms with van der Waals surface area (Å²) in [4.78, 5) is 40.7. The van der Waals surface area contributed by atoms with Gasteiger partial charge in [-0.05, 0) is 95.6 Å². The van der Waals surface area contributed by atoms with Gasteiger partial charge in [-0.1, -0.05) is 13.8 Å². The summed E-state index contributed by atoms with van der Waals surface area (Å²) in [5, 5.41) is 0. The zero-order valence-electron chi connectivity index (χ0n) is 26.8. The number of cyclic esters (lactones) is 2. The molecule has 0 amide bonds. The number of hydrogen-bond acceptors (Lipinski definition) is 4. The van der Waals surface area contributed by atoms with E-state index in [1.165, 1.54) is 0 Å². The van der Waals surface area contributed by atoms with Crippen LogP contribution in [0.3, 0.4) is 0 Å². The molecule has 226 valence electrons. The van der Waals surface area contributed by atoms with Crippen LogP contribution < -0.4 is 0 Å². The van der Waals surface area contributed by atoms with E-state index in [9.17, 15) is 9.59 Å². The Morgan fingerprint density at radius 2 is 0.860 bits per heavy atom. The lowest BCUT2D eigenvalue weighted by molar-refractivity contribution is -0.222. The number of H-pyrrole nitrogens is 4. The molecule has 8 heteroatoms. The molecule has 4 N–H and O–H groups in total. The van der Waals surface area contributed by atoms with Crippen LogP contribution in [0.2, 0.25) is 0 Å². The Bertz CT molecular complexity index is 1780. The van der Waals surface area contributed by atoms with E-state index in [1.54, 1.807) is 19.9 Å². The number of esters is 2. The minimum Gasteiger partial charge on any atom is -0.419 e. The van der Waals surface area contributed by atoms with Gasteiger partial charge in [-0.15, -0.1) is 0 Å². The standard InChI is InChI=1S/C35H42N4O4/c1-31(2)20-18-28(36-21(20)17-19-29(40)42-35(9,10)43-30(19)41)34(7,8)27-16-15-26(39-27)33(5,6)25-14-13-24(38-25)32(3,4)23-12-11-22(31)37-23/h11-18,36-39H,1-10H3. The number of ether oxygens (including phenoxy) is 2. The number of hydrogen-bond donors (Lipinski definition) is 4. The van der Waals surface area contributed by atoms with E-state index in [2.05, 4.69) is 118 Å². The van der Waals surface area contributed by atoms with Crippen LogP contribution >= 0.6 is 0 Å². The Labute approximate surface area is 252 Å². The molecule has 0 spiro atoms. The van der Waals surface area contributed by atoms with Crippen LogP contribution in [0.15, 0.2) is 48.0 Å². The number of fused-ring (bicyclic) bond motifs is 8. The largest absolute Gasteiger partial charge is 0.419 e. The summed E-state index contributed by atoms with van der Waals surface area (Å²) < 4.78 is 10.8. The van der Waals surface area contributed by atoms with Crippen LogP contribution in [-0.4, -0.2) is 37.7 Å². The molecule has 0 saturated carbocycles.